The maximum atomic E-state index is 12.4. The van der Waals surface area contributed by atoms with Gasteiger partial charge in [-0.2, -0.15) is 5.01 Å². The predicted octanol–water partition coefficient (Wildman–Crippen LogP) is 5.46. The third kappa shape index (κ3) is 3.74. The number of carbonyl (C=O) groups is 2. The van der Waals surface area contributed by atoms with Gasteiger partial charge in [0.05, 0.1) is 5.39 Å². The number of carbonyl (C=O) groups excluding carboxylic acids is 2. The maximum absolute atomic E-state index is 12.4. The molecule has 156 valence electrons. The van der Waals surface area contributed by atoms with Crippen molar-refractivity contribution in [2.24, 2.45) is 0 Å². The maximum Gasteiger partial charge on any atom is 0.275 e. The number of thiophene rings is 2. The molecule has 1 aromatic carbocycles. The lowest BCUT2D eigenvalue weighted by Crippen LogP contribution is -2.36. The molecule has 3 aromatic heterocycles. The third-order valence-electron chi connectivity index (χ3n) is 4.85. The van der Waals surface area contributed by atoms with Crippen LogP contribution in [0.5, 0.6) is 0 Å². The summed E-state index contributed by atoms with van der Waals surface area (Å²) in [5.41, 5.74) is 6.34. The van der Waals surface area contributed by atoms with Gasteiger partial charge >= 0.3 is 0 Å². The number of amides is 2. The number of anilines is 1. The van der Waals surface area contributed by atoms with E-state index in [4.69, 9.17) is 9.97 Å². The molecule has 0 aliphatic carbocycles. The Bertz CT molecular complexity index is 1330. The molecule has 0 unspecified atom stereocenters. The molecule has 4 heterocycles. The molecular formula is C22H17ClN4O2S2. The first-order valence-electron chi connectivity index (χ1n) is 9.25. The molecule has 0 bridgehead atoms. The zero-order valence-electron chi connectivity index (χ0n) is 16.6. The summed E-state index contributed by atoms with van der Waals surface area (Å²) < 4.78 is 0. The first kappa shape index (κ1) is 21.2. The number of fused-ring (bicyclic) bond motifs is 1. The molecule has 0 atom stereocenters. The summed E-state index contributed by atoms with van der Waals surface area (Å²) in [5.74, 6) is 0.184. The Morgan fingerprint density at radius 2 is 1.77 bits per heavy atom. The summed E-state index contributed by atoms with van der Waals surface area (Å²) >= 11 is 3.13. The Kier molecular flexibility index (Phi) is 5.62. The molecule has 0 radical (unpaired) electrons. The van der Waals surface area contributed by atoms with E-state index in [1.54, 1.807) is 18.3 Å². The summed E-state index contributed by atoms with van der Waals surface area (Å²) in [7, 11) is 0. The van der Waals surface area contributed by atoms with Gasteiger partial charge in [-0.1, -0.05) is 35.9 Å². The van der Waals surface area contributed by atoms with Crippen molar-refractivity contribution in [3.8, 4) is 21.8 Å². The van der Waals surface area contributed by atoms with E-state index in [2.05, 4.69) is 5.43 Å². The quantitative estimate of drug-likeness (QED) is 0.402. The van der Waals surface area contributed by atoms with E-state index < -0.39 is 5.91 Å². The Morgan fingerprint density at radius 1 is 1.00 bits per heavy atom. The van der Waals surface area contributed by atoms with Gasteiger partial charge in [-0.25, -0.2) is 9.97 Å². The fraction of sp³-hybridized carbons (Fsp3) is 0.0909. The van der Waals surface area contributed by atoms with Crippen molar-refractivity contribution in [1.82, 2.24) is 15.0 Å². The number of benzene rings is 1. The van der Waals surface area contributed by atoms with E-state index in [-0.39, 0.29) is 18.3 Å². The monoisotopic (exact) mass is 468 g/mol. The van der Waals surface area contributed by atoms with E-state index in [1.165, 1.54) is 17.4 Å². The van der Waals surface area contributed by atoms with Crippen LogP contribution in [0.15, 0.2) is 58.8 Å². The Hall–Kier alpha value is -3.07. The number of hydrogen-bond acceptors (Lipinski definition) is 7. The predicted molar refractivity (Wildman–Crippen MR) is 127 cm³/mol. The number of rotatable bonds is 4. The summed E-state index contributed by atoms with van der Waals surface area (Å²) in [6.45, 7) is 3.64. The van der Waals surface area contributed by atoms with Gasteiger partial charge in [-0.3, -0.25) is 15.0 Å². The van der Waals surface area contributed by atoms with Crippen molar-refractivity contribution in [2.75, 3.05) is 5.43 Å². The molecule has 0 saturated carbocycles. The van der Waals surface area contributed by atoms with Crippen molar-refractivity contribution in [3.05, 3.63) is 64.4 Å². The summed E-state index contributed by atoms with van der Waals surface area (Å²) in [4.78, 5) is 36.1. The van der Waals surface area contributed by atoms with E-state index in [0.717, 1.165) is 36.8 Å². The zero-order valence-corrected chi connectivity index (χ0v) is 19.0. The van der Waals surface area contributed by atoms with Crippen molar-refractivity contribution >= 4 is 62.9 Å². The normalized spacial score (nSPS) is 13.5. The number of nitrogens with zero attached hydrogens (tertiary/aromatic N) is 3. The van der Waals surface area contributed by atoms with Crippen LogP contribution in [0.3, 0.4) is 0 Å². The molecule has 6 nitrogen and oxygen atoms in total. The molecule has 0 fully saturated rings. The van der Waals surface area contributed by atoms with Crippen LogP contribution in [0.1, 0.15) is 12.5 Å². The number of aryl methyl sites for hydroxylation is 1. The Labute approximate surface area is 192 Å². The van der Waals surface area contributed by atoms with Crippen LogP contribution in [0.2, 0.25) is 0 Å². The fourth-order valence-corrected chi connectivity index (χ4v) is 5.03. The Morgan fingerprint density at radius 3 is 2.42 bits per heavy atom. The number of imide groups is 1. The minimum absolute atomic E-state index is 0. The average molecular weight is 469 g/mol. The van der Waals surface area contributed by atoms with Crippen LogP contribution in [0, 0.1) is 6.92 Å². The topological polar surface area (TPSA) is 75.2 Å². The highest BCUT2D eigenvalue weighted by atomic mass is 35.5. The number of nitrogens with one attached hydrogen (secondary N) is 1. The minimum Gasteiger partial charge on any atom is -0.271 e. The van der Waals surface area contributed by atoms with Crippen LogP contribution < -0.4 is 5.43 Å². The SMILES string of the molecule is CC1=CC(=O)N(Nc2nc(-c3ccc(C)cc3)nc3scc(-c4cccs4)c23)C1=O.Cl. The smallest absolute Gasteiger partial charge is 0.271 e. The molecular weight excluding hydrogens is 452 g/mol. The zero-order chi connectivity index (χ0) is 20.8. The van der Waals surface area contributed by atoms with Gasteiger partial charge in [0.25, 0.3) is 11.8 Å². The molecule has 31 heavy (non-hydrogen) atoms. The van der Waals surface area contributed by atoms with Crippen LogP contribution in [-0.4, -0.2) is 26.8 Å². The van der Waals surface area contributed by atoms with Gasteiger partial charge in [-0.15, -0.1) is 35.1 Å². The Balaban J connectivity index is 0.00000231. The van der Waals surface area contributed by atoms with Crippen molar-refractivity contribution in [1.29, 1.82) is 0 Å². The first-order valence-corrected chi connectivity index (χ1v) is 11.0. The van der Waals surface area contributed by atoms with Crippen LogP contribution in [-0.2, 0) is 9.59 Å². The van der Waals surface area contributed by atoms with Crippen LogP contribution in [0.4, 0.5) is 5.82 Å². The summed E-state index contributed by atoms with van der Waals surface area (Å²) in [6, 6.07) is 11.9. The highest BCUT2D eigenvalue weighted by Gasteiger charge is 2.30. The number of halogens is 1. The molecule has 5 rings (SSSR count). The van der Waals surface area contributed by atoms with Gasteiger partial charge in [0.1, 0.15) is 4.83 Å². The fourth-order valence-electron chi connectivity index (χ4n) is 3.27. The molecule has 0 saturated heterocycles. The van der Waals surface area contributed by atoms with Gasteiger partial charge in [-0.05, 0) is 25.3 Å². The molecule has 1 aliphatic heterocycles. The molecule has 1 aliphatic rings. The van der Waals surface area contributed by atoms with E-state index in [9.17, 15) is 9.59 Å². The van der Waals surface area contributed by atoms with E-state index in [1.807, 2.05) is 54.1 Å². The lowest BCUT2D eigenvalue weighted by Gasteiger charge is -2.18. The molecule has 9 heteroatoms. The molecule has 1 N–H and O–H groups in total. The van der Waals surface area contributed by atoms with Crippen LogP contribution in [0.25, 0.3) is 32.0 Å². The second-order valence-electron chi connectivity index (χ2n) is 6.99. The minimum atomic E-state index is -0.408. The molecule has 0 spiro atoms. The number of hydrazine groups is 1. The van der Waals surface area contributed by atoms with Crippen molar-refractivity contribution in [2.45, 2.75) is 13.8 Å². The van der Waals surface area contributed by atoms with Crippen LogP contribution >= 0.6 is 35.1 Å². The highest BCUT2D eigenvalue weighted by molar-refractivity contribution is 7.18. The number of hydrogen-bond donors (Lipinski definition) is 1. The lowest BCUT2D eigenvalue weighted by atomic mass is 10.1. The molecule has 4 aromatic rings. The first-order chi connectivity index (χ1) is 14.5. The highest BCUT2D eigenvalue weighted by Crippen LogP contribution is 2.40. The van der Waals surface area contributed by atoms with Crippen molar-refractivity contribution < 1.29 is 9.59 Å². The van der Waals surface area contributed by atoms with Gasteiger partial charge in [0, 0.05) is 33.0 Å². The van der Waals surface area contributed by atoms with Gasteiger partial charge in [0.2, 0.25) is 0 Å². The summed E-state index contributed by atoms with van der Waals surface area (Å²) in [6.07, 6.45) is 1.32. The standard InChI is InChI=1S/C22H16N4O2S2.ClH/c1-12-5-7-14(8-6-12)19-23-20(25-26-17(27)10-13(2)22(26)28)18-15(11-30-21(18)24-19)16-4-3-9-29-16;/h3-11H,1-2H3,(H,23,24,25);1H. The van der Waals surface area contributed by atoms with Gasteiger partial charge in [0.15, 0.2) is 11.6 Å². The summed E-state index contributed by atoms with van der Waals surface area (Å²) in [5, 5.41) is 5.84. The van der Waals surface area contributed by atoms with E-state index >= 15 is 0 Å². The van der Waals surface area contributed by atoms with Crippen molar-refractivity contribution in [3.63, 3.8) is 0 Å². The van der Waals surface area contributed by atoms with E-state index in [0.29, 0.717) is 17.2 Å². The van der Waals surface area contributed by atoms with Gasteiger partial charge < -0.3 is 0 Å². The second kappa shape index (κ2) is 8.22. The molecule has 2 amide bonds. The lowest BCUT2D eigenvalue weighted by molar-refractivity contribution is -0.135. The largest absolute Gasteiger partial charge is 0.275 e. The second-order valence-corrected chi connectivity index (χ2v) is 8.79. The average Bonchev–Trinajstić information content (AvgIpc) is 3.45. The third-order valence-corrected chi connectivity index (χ3v) is 6.62. The number of aromatic nitrogens is 2.